The third-order valence-electron chi connectivity index (χ3n) is 3.38. The number of urea groups is 1. The van der Waals surface area contributed by atoms with Crippen molar-refractivity contribution in [2.24, 2.45) is 7.05 Å². The molecule has 2 N–H and O–H groups in total. The minimum absolute atomic E-state index is 0.193. The molecule has 0 radical (unpaired) electrons. The number of nitrogens with one attached hydrogen (secondary N) is 2. The summed E-state index contributed by atoms with van der Waals surface area (Å²) >= 11 is 1.70. The van der Waals surface area contributed by atoms with Crippen LogP contribution in [0.5, 0.6) is 0 Å². The summed E-state index contributed by atoms with van der Waals surface area (Å²) in [6.07, 6.45) is 3.31. The number of hydrogen-bond acceptors (Lipinski definition) is 5. The van der Waals surface area contributed by atoms with Gasteiger partial charge in [0.25, 0.3) is 0 Å². The second kappa shape index (κ2) is 7.35. The number of thiazole rings is 1. The van der Waals surface area contributed by atoms with Gasteiger partial charge in [-0.15, -0.1) is 21.5 Å². The molecule has 0 fully saturated rings. The van der Waals surface area contributed by atoms with Crippen LogP contribution >= 0.6 is 11.3 Å². The lowest BCUT2D eigenvalue weighted by atomic mass is 10.3. The molecule has 2 aromatic rings. The molecule has 0 bridgehead atoms. The van der Waals surface area contributed by atoms with Gasteiger partial charge in [-0.05, 0) is 20.3 Å². The van der Waals surface area contributed by atoms with Crippen molar-refractivity contribution < 1.29 is 4.79 Å². The average molecular weight is 322 g/mol. The van der Waals surface area contributed by atoms with Gasteiger partial charge in [-0.3, -0.25) is 0 Å². The molecule has 2 rings (SSSR count). The molecule has 8 heteroatoms. The first-order chi connectivity index (χ1) is 10.5. The van der Waals surface area contributed by atoms with Crippen molar-refractivity contribution in [3.8, 4) is 0 Å². The van der Waals surface area contributed by atoms with Crippen molar-refractivity contribution >= 4 is 17.4 Å². The Morgan fingerprint density at radius 2 is 2.27 bits per heavy atom. The number of aryl methyl sites for hydroxylation is 3. The predicted molar refractivity (Wildman–Crippen MR) is 85.9 cm³/mol. The molecule has 0 aliphatic rings. The third-order valence-corrected chi connectivity index (χ3v) is 4.45. The standard InChI is InChI=1S/C14H22N6OS/c1-5-11-10(3)22-12(18-11)6-7-15-14(21)17-9(2)13-19-16-8-20(13)4/h8-9H,5-7H2,1-4H3,(H2,15,17,21)/t9-/m1/s1. The Kier molecular flexibility index (Phi) is 5.48. The molecule has 22 heavy (non-hydrogen) atoms. The van der Waals surface area contributed by atoms with E-state index in [0.29, 0.717) is 6.54 Å². The minimum atomic E-state index is -0.209. The summed E-state index contributed by atoms with van der Waals surface area (Å²) in [6, 6.07) is -0.402. The smallest absolute Gasteiger partial charge is 0.315 e. The molecule has 2 aromatic heterocycles. The van der Waals surface area contributed by atoms with Crippen molar-refractivity contribution in [1.29, 1.82) is 0 Å². The van der Waals surface area contributed by atoms with E-state index in [1.165, 1.54) is 4.88 Å². The zero-order chi connectivity index (χ0) is 16.1. The van der Waals surface area contributed by atoms with Crippen LogP contribution in [0.3, 0.4) is 0 Å². The van der Waals surface area contributed by atoms with Crippen molar-refractivity contribution in [3.05, 3.63) is 27.7 Å². The summed E-state index contributed by atoms with van der Waals surface area (Å²) in [5, 5.41) is 14.5. The van der Waals surface area contributed by atoms with Gasteiger partial charge in [-0.2, -0.15) is 0 Å². The Morgan fingerprint density at radius 3 is 2.86 bits per heavy atom. The topological polar surface area (TPSA) is 84.7 Å². The third kappa shape index (κ3) is 4.03. The van der Waals surface area contributed by atoms with E-state index in [2.05, 4.69) is 39.7 Å². The molecule has 0 saturated heterocycles. The van der Waals surface area contributed by atoms with Crippen molar-refractivity contribution in [2.45, 2.75) is 39.7 Å². The summed E-state index contributed by atoms with van der Waals surface area (Å²) in [5.41, 5.74) is 1.15. The summed E-state index contributed by atoms with van der Waals surface area (Å²) in [6.45, 7) is 6.63. The fraction of sp³-hybridized carbons (Fsp3) is 0.571. The van der Waals surface area contributed by atoms with Gasteiger partial charge in [0, 0.05) is 24.9 Å². The van der Waals surface area contributed by atoms with Crippen molar-refractivity contribution in [3.63, 3.8) is 0 Å². The summed E-state index contributed by atoms with van der Waals surface area (Å²) in [4.78, 5) is 17.7. The van der Waals surface area contributed by atoms with Crippen LogP contribution in [-0.2, 0) is 19.9 Å². The molecule has 0 aliphatic heterocycles. The normalized spacial score (nSPS) is 12.2. The van der Waals surface area contributed by atoms with Gasteiger partial charge in [-0.1, -0.05) is 6.92 Å². The fourth-order valence-corrected chi connectivity index (χ4v) is 3.22. The number of rotatable bonds is 6. The van der Waals surface area contributed by atoms with Crippen LogP contribution in [0.15, 0.2) is 6.33 Å². The Bertz CT molecular complexity index is 635. The predicted octanol–water partition coefficient (Wildman–Crippen LogP) is 1.75. The van der Waals surface area contributed by atoms with E-state index < -0.39 is 0 Å². The number of amides is 2. The maximum absolute atomic E-state index is 11.9. The van der Waals surface area contributed by atoms with Gasteiger partial charge in [0.2, 0.25) is 0 Å². The molecular weight excluding hydrogens is 300 g/mol. The fourth-order valence-electron chi connectivity index (χ4n) is 2.20. The van der Waals surface area contributed by atoms with Crippen molar-refractivity contribution in [2.75, 3.05) is 6.54 Å². The monoisotopic (exact) mass is 322 g/mol. The van der Waals surface area contributed by atoms with Crippen LogP contribution in [0.1, 0.15) is 41.3 Å². The molecule has 120 valence electrons. The summed E-state index contributed by atoms with van der Waals surface area (Å²) in [5.74, 6) is 0.721. The lowest BCUT2D eigenvalue weighted by Gasteiger charge is -2.13. The Labute approximate surface area is 134 Å². The second-order valence-electron chi connectivity index (χ2n) is 5.14. The lowest BCUT2D eigenvalue weighted by molar-refractivity contribution is 0.237. The van der Waals surface area contributed by atoms with E-state index in [0.717, 1.165) is 29.4 Å². The Morgan fingerprint density at radius 1 is 1.50 bits per heavy atom. The first-order valence-corrected chi connectivity index (χ1v) is 8.16. The summed E-state index contributed by atoms with van der Waals surface area (Å²) < 4.78 is 1.79. The van der Waals surface area contributed by atoms with Crippen LogP contribution in [0.4, 0.5) is 4.79 Å². The second-order valence-corrected chi connectivity index (χ2v) is 6.42. The quantitative estimate of drug-likeness (QED) is 0.848. The molecule has 2 amide bonds. The number of carbonyl (C=O) groups excluding carboxylic acids is 1. The number of nitrogens with zero attached hydrogens (tertiary/aromatic N) is 4. The Hall–Kier alpha value is -1.96. The highest BCUT2D eigenvalue weighted by Gasteiger charge is 2.14. The molecule has 0 saturated carbocycles. The van der Waals surface area contributed by atoms with E-state index in [-0.39, 0.29) is 12.1 Å². The van der Waals surface area contributed by atoms with Crippen LogP contribution < -0.4 is 10.6 Å². The molecule has 0 aromatic carbocycles. The average Bonchev–Trinajstić information content (AvgIpc) is 3.04. The number of hydrogen-bond donors (Lipinski definition) is 2. The molecule has 0 unspecified atom stereocenters. The van der Waals surface area contributed by atoms with Gasteiger partial charge >= 0.3 is 6.03 Å². The van der Waals surface area contributed by atoms with Gasteiger partial charge in [0.15, 0.2) is 5.82 Å². The van der Waals surface area contributed by atoms with Gasteiger partial charge in [-0.25, -0.2) is 9.78 Å². The molecule has 7 nitrogen and oxygen atoms in total. The van der Waals surface area contributed by atoms with Crippen molar-refractivity contribution in [1.82, 2.24) is 30.4 Å². The zero-order valence-electron chi connectivity index (χ0n) is 13.4. The highest BCUT2D eigenvalue weighted by molar-refractivity contribution is 7.11. The van der Waals surface area contributed by atoms with E-state index in [1.807, 2.05) is 14.0 Å². The zero-order valence-corrected chi connectivity index (χ0v) is 14.2. The van der Waals surface area contributed by atoms with E-state index >= 15 is 0 Å². The molecular formula is C14H22N6OS. The summed E-state index contributed by atoms with van der Waals surface area (Å²) in [7, 11) is 1.85. The number of carbonyl (C=O) groups is 1. The molecule has 0 aliphatic carbocycles. The highest BCUT2D eigenvalue weighted by atomic mass is 32.1. The number of aromatic nitrogens is 4. The van der Waals surface area contributed by atoms with E-state index in [9.17, 15) is 4.79 Å². The van der Waals surface area contributed by atoms with Gasteiger partial charge < -0.3 is 15.2 Å². The Balaban J connectivity index is 1.77. The lowest BCUT2D eigenvalue weighted by Crippen LogP contribution is -2.38. The maximum Gasteiger partial charge on any atom is 0.315 e. The molecule has 1 atom stereocenters. The largest absolute Gasteiger partial charge is 0.338 e. The molecule has 2 heterocycles. The van der Waals surface area contributed by atoms with E-state index in [1.54, 1.807) is 22.2 Å². The van der Waals surface area contributed by atoms with Gasteiger partial charge in [0.05, 0.1) is 16.7 Å². The highest BCUT2D eigenvalue weighted by Crippen LogP contribution is 2.17. The van der Waals surface area contributed by atoms with Crippen LogP contribution in [0.2, 0.25) is 0 Å². The van der Waals surface area contributed by atoms with Crippen LogP contribution in [-0.4, -0.2) is 32.3 Å². The first kappa shape index (κ1) is 16.4. The minimum Gasteiger partial charge on any atom is -0.338 e. The van der Waals surface area contributed by atoms with Crippen LogP contribution in [0.25, 0.3) is 0 Å². The van der Waals surface area contributed by atoms with Gasteiger partial charge in [0.1, 0.15) is 6.33 Å². The first-order valence-electron chi connectivity index (χ1n) is 7.34. The SMILES string of the molecule is CCc1nc(CCNC(=O)N[C@H](C)c2nncn2C)sc1C. The molecule has 0 spiro atoms. The van der Waals surface area contributed by atoms with E-state index in [4.69, 9.17) is 0 Å². The van der Waals surface area contributed by atoms with Crippen LogP contribution in [0, 0.1) is 6.92 Å². The maximum atomic E-state index is 11.9.